The van der Waals surface area contributed by atoms with Crippen molar-refractivity contribution in [1.29, 1.82) is 0 Å². The smallest absolute Gasteiger partial charge is 0.329 e. The van der Waals surface area contributed by atoms with Gasteiger partial charge in [0.25, 0.3) is 0 Å². The molecular formula is C23H15BrCl2N2O3. The number of rotatable bonds is 4. The second-order valence-corrected chi connectivity index (χ2v) is 8.77. The summed E-state index contributed by atoms with van der Waals surface area (Å²) in [6.45, 7) is 0. The fourth-order valence-corrected chi connectivity index (χ4v) is 4.20. The van der Waals surface area contributed by atoms with Gasteiger partial charge in [0.1, 0.15) is 5.92 Å². The Morgan fingerprint density at radius 2 is 1.52 bits per heavy atom. The molecule has 0 bridgehead atoms. The van der Waals surface area contributed by atoms with Gasteiger partial charge in [0.05, 0.1) is 11.7 Å². The van der Waals surface area contributed by atoms with Crippen LogP contribution < -0.4 is 10.2 Å². The summed E-state index contributed by atoms with van der Waals surface area (Å²) < 4.78 is 0.768. The molecule has 2 atom stereocenters. The maximum absolute atomic E-state index is 13.5. The van der Waals surface area contributed by atoms with Crippen molar-refractivity contribution in [3.05, 3.63) is 98.4 Å². The van der Waals surface area contributed by atoms with Gasteiger partial charge in [-0.05, 0) is 66.2 Å². The summed E-state index contributed by atoms with van der Waals surface area (Å²) in [7, 11) is 0. The second-order valence-electron chi connectivity index (χ2n) is 6.98. The summed E-state index contributed by atoms with van der Waals surface area (Å²) in [5.41, 5.74) is 1.29. The molecule has 156 valence electrons. The van der Waals surface area contributed by atoms with E-state index in [2.05, 4.69) is 21.2 Å². The van der Waals surface area contributed by atoms with Crippen LogP contribution in [0.1, 0.15) is 22.0 Å². The number of Topliss-reactive ketones (excluding diaryl/α,β-unsaturated/α-hetero) is 1. The van der Waals surface area contributed by atoms with Gasteiger partial charge < -0.3 is 5.32 Å². The highest BCUT2D eigenvalue weighted by molar-refractivity contribution is 9.10. The van der Waals surface area contributed by atoms with Crippen molar-refractivity contribution in [3.8, 4) is 0 Å². The van der Waals surface area contributed by atoms with Crippen molar-refractivity contribution in [2.24, 2.45) is 5.92 Å². The number of hydrogen-bond donors (Lipinski definition) is 1. The largest absolute Gasteiger partial charge is 0.329 e. The van der Waals surface area contributed by atoms with Crippen LogP contribution in [0.2, 0.25) is 10.0 Å². The van der Waals surface area contributed by atoms with Gasteiger partial charge in [-0.25, -0.2) is 9.69 Å². The van der Waals surface area contributed by atoms with E-state index in [-0.39, 0.29) is 0 Å². The number of benzene rings is 3. The van der Waals surface area contributed by atoms with Crippen LogP contribution in [0.15, 0.2) is 77.3 Å². The van der Waals surface area contributed by atoms with E-state index < -0.39 is 29.7 Å². The number of imide groups is 1. The molecule has 1 aliphatic heterocycles. The number of carbonyl (C=O) groups excluding carboxylic acids is 3. The lowest BCUT2D eigenvalue weighted by molar-refractivity contribution is -0.121. The highest BCUT2D eigenvalue weighted by atomic mass is 79.9. The van der Waals surface area contributed by atoms with Crippen LogP contribution in [-0.2, 0) is 4.79 Å². The van der Waals surface area contributed by atoms with Gasteiger partial charge in [0.2, 0.25) is 5.91 Å². The van der Waals surface area contributed by atoms with Gasteiger partial charge in [-0.15, -0.1) is 0 Å². The Hall–Kier alpha value is -2.67. The number of hydrogen-bond acceptors (Lipinski definition) is 3. The van der Waals surface area contributed by atoms with Crippen molar-refractivity contribution in [2.45, 2.75) is 6.04 Å². The number of anilines is 1. The summed E-state index contributed by atoms with van der Waals surface area (Å²) in [5.74, 6) is -2.19. The molecule has 1 N–H and O–H groups in total. The molecule has 0 unspecified atom stereocenters. The third-order valence-corrected chi connectivity index (χ3v) is 6.00. The van der Waals surface area contributed by atoms with Crippen LogP contribution in [0.4, 0.5) is 10.5 Å². The van der Waals surface area contributed by atoms with Crippen LogP contribution in [0.3, 0.4) is 0 Å². The van der Waals surface area contributed by atoms with E-state index >= 15 is 0 Å². The van der Waals surface area contributed by atoms with Gasteiger partial charge >= 0.3 is 6.03 Å². The zero-order chi connectivity index (χ0) is 22.1. The number of halogens is 3. The summed E-state index contributed by atoms with van der Waals surface area (Å²) in [4.78, 5) is 40.9. The molecule has 4 rings (SSSR count). The van der Waals surface area contributed by atoms with Crippen molar-refractivity contribution in [1.82, 2.24) is 5.32 Å². The monoisotopic (exact) mass is 516 g/mol. The molecule has 8 heteroatoms. The third kappa shape index (κ3) is 4.37. The number of amides is 3. The number of nitrogens with zero attached hydrogens (tertiary/aromatic N) is 1. The first-order chi connectivity index (χ1) is 14.8. The van der Waals surface area contributed by atoms with E-state index in [1.807, 2.05) is 6.07 Å². The molecule has 1 fully saturated rings. The number of carbonyl (C=O) groups is 3. The molecule has 1 aliphatic rings. The quantitative estimate of drug-likeness (QED) is 0.338. The van der Waals surface area contributed by atoms with Crippen molar-refractivity contribution in [2.75, 3.05) is 4.90 Å². The maximum Gasteiger partial charge on any atom is 0.329 e. The average molecular weight is 518 g/mol. The van der Waals surface area contributed by atoms with E-state index in [4.69, 9.17) is 23.2 Å². The first-order valence-corrected chi connectivity index (χ1v) is 10.9. The molecule has 1 saturated heterocycles. The Kier molecular flexibility index (Phi) is 6.14. The predicted molar refractivity (Wildman–Crippen MR) is 124 cm³/mol. The summed E-state index contributed by atoms with van der Waals surface area (Å²) in [6.07, 6.45) is 0. The number of urea groups is 1. The molecule has 5 nitrogen and oxygen atoms in total. The van der Waals surface area contributed by atoms with Crippen molar-refractivity contribution < 1.29 is 14.4 Å². The molecule has 0 saturated carbocycles. The molecule has 1 heterocycles. The Morgan fingerprint density at radius 3 is 2.13 bits per heavy atom. The fraction of sp³-hybridized carbons (Fsp3) is 0.0870. The molecule has 0 radical (unpaired) electrons. The lowest BCUT2D eigenvalue weighted by Crippen LogP contribution is -2.58. The molecular weight excluding hydrogens is 503 g/mol. The van der Waals surface area contributed by atoms with E-state index in [1.165, 1.54) is 0 Å². The standard InChI is InChI=1S/C23H15BrCl2N2O3/c24-15-3-1-2-14(12-15)20-19(21(29)13-4-6-16(25)7-5-13)22(30)28(23(31)27-20)18-10-8-17(26)9-11-18/h1-12,19-20H,(H,27,31)/t19-,20-/m1/s1. The molecule has 0 aromatic heterocycles. The summed E-state index contributed by atoms with van der Waals surface area (Å²) in [5, 5.41) is 3.78. The van der Waals surface area contributed by atoms with Gasteiger partial charge in [0, 0.05) is 20.1 Å². The molecule has 0 spiro atoms. The highest BCUT2D eigenvalue weighted by Crippen LogP contribution is 2.34. The van der Waals surface area contributed by atoms with E-state index in [0.717, 1.165) is 9.37 Å². The molecule has 3 aromatic carbocycles. The third-order valence-electron chi connectivity index (χ3n) is 5.01. The van der Waals surface area contributed by atoms with E-state index in [1.54, 1.807) is 66.7 Å². The lowest BCUT2D eigenvalue weighted by atomic mass is 9.84. The zero-order valence-corrected chi connectivity index (χ0v) is 19.0. The maximum atomic E-state index is 13.5. The molecule has 31 heavy (non-hydrogen) atoms. The molecule has 0 aliphatic carbocycles. The molecule has 3 amide bonds. The Bertz CT molecular complexity index is 1170. The van der Waals surface area contributed by atoms with Gasteiger partial charge in [-0.3, -0.25) is 9.59 Å². The first-order valence-electron chi connectivity index (χ1n) is 9.30. The minimum absolute atomic E-state index is 0.327. The zero-order valence-electron chi connectivity index (χ0n) is 15.9. The van der Waals surface area contributed by atoms with Gasteiger partial charge in [-0.2, -0.15) is 0 Å². The minimum Gasteiger partial charge on any atom is -0.329 e. The van der Waals surface area contributed by atoms with Gasteiger partial charge in [-0.1, -0.05) is 51.3 Å². The minimum atomic E-state index is -1.16. The normalized spacial score (nSPS) is 18.6. The SMILES string of the molecule is O=C(c1ccc(Cl)cc1)[C@@H]1C(=O)N(c2ccc(Cl)cc2)C(=O)N[C@@H]1c1cccc(Br)c1. The topological polar surface area (TPSA) is 66.5 Å². The predicted octanol–water partition coefficient (Wildman–Crippen LogP) is 6.05. The second kappa shape index (κ2) is 8.83. The van der Waals surface area contributed by atoms with Crippen molar-refractivity contribution >= 4 is 62.5 Å². The first kappa shape index (κ1) is 21.6. The fourth-order valence-electron chi connectivity index (χ4n) is 3.53. The number of ketones is 1. The molecule has 3 aromatic rings. The van der Waals surface area contributed by atoms with Crippen LogP contribution in [0, 0.1) is 5.92 Å². The summed E-state index contributed by atoms with van der Waals surface area (Å²) in [6, 6.07) is 18.3. The Balaban J connectivity index is 1.79. The average Bonchev–Trinajstić information content (AvgIpc) is 2.75. The Labute approximate surface area is 197 Å². The van der Waals surface area contributed by atoms with Crippen LogP contribution in [0.5, 0.6) is 0 Å². The Morgan fingerprint density at radius 1 is 0.903 bits per heavy atom. The summed E-state index contributed by atoms with van der Waals surface area (Å²) >= 11 is 15.3. The van der Waals surface area contributed by atoms with Crippen LogP contribution in [0.25, 0.3) is 0 Å². The number of nitrogens with one attached hydrogen (secondary N) is 1. The van der Waals surface area contributed by atoms with Crippen LogP contribution in [-0.4, -0.2) is 17.7 Å². The van der Waals surface area contributed by atoms with E-state index in [0.29, 0.717) is 26.9 Å². The van der Waals surface area contributed by atoms with Crippen LogP contribution >= 0.6 is 39.1 Å². The van der Waals surface area contributed by atoms with Crippen molar-refractivity contribution in [3.63, 3.8) is 0 Å². The van der Waals surface area contributed by atoms with Gasteiger partial charge in [0.15, 0.2) is 5.78 Å². The lowest BCUT2D eigenvalue weighted by Gasteiger charge is -2.37. The highest BCUT2D eigenvalue weighted by Gasteiger charge is 2.46. The van der Waals surface area contributed by atoms with E-state index in [9.17, 15) is 14.4 Å².